The number of aromatic nitrogens is 2. The number of halogens is 1. The Kier molecular flexibility index (Phi) is 5.46. The van der Waals surface area contributed by atoms with E-state index in [1.807, 2.05) is 18.7 Å². The fourth-order valence-corrected chi connectivity index (χ4v) is 4.17. The molecule has 0 spiro atoms. The van der Waals surface area contributed by atoms with Crippen molar-refractivity contribution in [3.05, 3.63) is 47.0 Å². The van der Waals surface area contributed by atoms with Crippen LogP contribution in [0.1, 0.15) is 36.2 Å². The fraction of sp³-hybridized carbons (Fsp3) is 0.524. The van der Waals surface area contributed by atoms with Crippen molar-refractivity contribution >= 4 is 5.91 Å². The highest BCUT2D eigenvalue weighted by molar-refractivity contribution is 5.80. The lowest BCUT2D eigenvalue weighted by molar-refractivity contribution is -0.150. The third kappa shape index (κ3) is 3.69. The van der Waals surface area contributed by atoms with E-state index in [0.717, 1.165) is 48.4 Å². The van der Waals surface area contributed by atoms with Gasteiger partial charge in [0.15, 0.2) is 6.29 Å². The highest BCUT2D eigenvalue weighted by Gasteiger charge is 2.36. The third-order valence-corrected chi connectivity index (χ3v) is 5.67. The van der Waals surface area contributed by atoms with Crippen molar-refractivity contribution in [1.82, 2.24) is 14.7 Å². The van der Waals surface area contributed by atoms with E-state index in [0.29, 0.717) is 19.6 Å². The molecule has 2 aromatic rings. The number of nitrogens with zero attached hydrogens (tertiary/aromatic N) is 3. The number of hydrogen-bond acceptors (Lipinski definition) is 4. The number of amides is 1. The summed E-state index contributed by atoms with van der Waals surface area (Å²) in [5.41, 5.74) is 3.42. The van der Waals surface area contributed by atoms with Crippen molar-refractivity contribution in [3.63, 3.8) is 0 Å². The molecule has 1 unspecified atom stereocenters. The first-order valence-electron chi connectivity index (χ1n) is 9.88. The van der Waals surface area contributed by atoms with Crippen LogP contribution in [0.25, 0.3) is 5.69 Å². The molecular weight excluding hydrogens is 361 g/mol. The number of ether oxygens (including phenoxy) is 2. The molecular formula is C21H26FN3O3. The van der Waals surface area contributed by atoms with Crippen molar-refractivity contribution in [2.24, 2.45) is 0 Å². The second kappa shape index (κ2) is 8.01. The second-order valence-corrected chi connectivity index (χ2v) is 7.47. The van der Waals surface area contributed by atoms with Gasteiger partial charge in [0.05, 0.1) is 37.1 Å². The topological polar surface area (TPSA) is 56.6 Å². The number of likely N-dealkylation sites (tertiary alicyclic amines) is 1. The Bertz CT molecular complexity index is 843. The molecule has 1 aromatic carbocycles. The van der Waals surface area contributed by atoms with Crippen molar-refractivity contribution in [3.8, 4) is 5.69 Å². The van der Waals surface area contributed by atoms with Gasteiger partial charge in [-0.05, 0) is 57.4 Å². The SMILES string of the molecule is Cc1nn(-c2ccc(F)cc2)c(C)c1CC(=O)N1CCCCC1C1OCCO1. The van der Waals surface area contributed by atoms with E-state index >= 15 is 0 Å². The summed E-state index contributed by atoms with van der Waals surface area (Å²) in [6, 6.07) is 6.19. The maximum absolute atomic E-state index is 13.2. The highest BCUT2D eigenvalue weighted by atomic mass is 19.1. The fourth-order valence-electron chi connectivity index (χ4n) is 4.17. The number of piperidine rings is 1. The summed E-state index contributed by atoms with van der Waals surface area (Å²) in [6.07, 6.45) is 2.97. The standard InChI is InChI=1S/C21H26FN3O3/c1-14-18(15(2)25(23-14)17-8-6-16(22)7-9-17)13-20(26)24-10-4-3-5-19(24)21-27-11-12-28-21/h6-9,19,21H,3-5,10-13H2,1-2H3. The summed E-state index contributed by atoms with van der Waals surface area (Å²) in [5, 5.41) is 4.58. The predicted octanol–water partition coefficient (Wildman–Crippen LogP) is 2.92. The molecule has 2 saturated heterocycles. The Balaban J connectivity index is 1.54. The zero-order valence-electron chi connectivity index (χ0n) is 16.4. The maximum Gasteiger partial charge on any atom is 0.227 e. The van der Waals surface area contributed by atoms with Crippen molar-refractivity contribution in [1.29, 1.82) is 0 Å². The number of rotatable bonds is 4. The highest BCUT2D eigenvalue weighted by Crippen LogP contribution is 2.26. The van der Waals surface area contributed by atoms with Gasteiger partial charge in [0, 0.05) is 17.8 Å². The molecule has 1 amide bonds. The van der Waals surface area contributed by atoms with E-state index in [1.54, 1.807) is 16.8 Å². The van der Waals surface area contributed by atoms with Gasteiger partial charge < -0.3 is 14.4 Å². The minimum absolute atomic E-state index is 0.0171. The van der Waals surface area contributed by atoms with Gasteiger partial charge in [-0.3, -0.25) is 4.79 Å². The molecule has 2 aliphatic rings. The molecule has 6 nitrogen and oxygen atoms in total. The van der Waals surface area contributed by atoms with Crippen LogP contribution in [0, 0.1) is 19.7 Å². The van der Waals surface area contributed by atoms with Crippen LogP contribution in [0.15, 0.2) is 24.3 Å². The average molecular weight is 387 g/mol. The van der Waals surface area contributed by atoms with E-state index in [9.17, 15) is 9.18 Å². The van der Waals surface area contributed by atoms with Crippen LogP contribution in [-0.4, -0.2) is 52.7 Å². The third-order valence-electron chi connectivity index (χ3n) is 5.67. The second-order valence-electron chi connectivity index (χ2n) is 7.47. The van der Waals surface area contributed by atoms with Gasteiger partial charge in [0.25, 0.3) is 0 Å². The lowest BCUT2D eigenvalue weighted by Gasteiger charge is -2.38. The van der Waals surface area contributed by atoms with Crippen LogP contribution in [0.3, 0.4) is 0 Å². The molecule has 0 radical (unpaired) electrons. The number of benzene rings is 1. The van der Waals surface area contributed by atoms with Gasteiger partial charge in [0.1, 0.15) is 5.82 Å². The van der Waals surface area contributed by atoms with Crippen LogP contribution < -0.4 is 0 Å². The lowest BCUT2D eigenvalue weighted by atomic mass is 10.00. The van der Waals surface area contributed by atoms with Crippen LogP contribution >= 0.6 is 0 Å². The van der Waals surface area contributed by atoms with Gasteiger partial charge in [-0.15, -0.1) is 0 Å². The van der Waals surface area contributed by atoms with Gasteiger partial charge in [-0.1, -0.05) is 0 Å². The van der Waals surface area contributed by atoms with Gasteiger partial charge in [-0.2, -0.15) is 5.10 Å². The Morgan fingerprint density at radius 3 is 2.61 bits per heavy atom. The molecule has 28 heavy (non-hydrogen) atoms. The first kappa shape index (κ1) is 19.1. The first-order chi connectivity index (χ1) is 13.5. The maximum atomic E-state index is 13.2. The Morgan fingerprint density at radius 2 is 1.89 bits per heavy atom. The van der Waals surface area contributed by atoms with Crippen LogP contribution in [-0.2, 0) is 20.7 Å². The van der Waals surface area contributed by atoms with Gasteiger partial charge in [0.2, 0.25) is 5.91 Å². The summed E-state index contributed by atoms with van der Waals surface area (Å²) >= 11 is 0. The Hall–Kier alpha value is -2.25. The molecule has 7 heteroatoms. The summed E-state index contributed by atoms with van der Waals surface area (Å²) in [4.78, 5) is 15.1. The molecule has 0 N–H and O–H groups in total. The predicted molar refractivity (Wildman–Crippen MR) is 102 cm³/mol. The summed E-state index contributed by atoms with van der Waals surface area (Å²) in [5.74, 6) is -0.207. The molecule has 0 bridgehead atoms. The molecule has 2 fully saturated rings. The molecule has 1 atom stereocenters. The zero-order valence-corrected chi connectivity index (χ0v) is 16.4. The van der Waals surface area contributed by atoms with Crippen molar-refractivity contribution in [2.75, 3.05) is 19.8 Å². The number of hydrogen-bond donors (Lipinski definition) is 0. The molecule has 0 aliphatic carbocycles. The van der Waals surface area contributed by atoms with Crippen molar-refractivity contribution in [2.45, 2.75) is 51.9 Å². The smallest absolute Gasteiger partial charge is 0.227 e. The van der Waals surface area contributed by atoms with E-state index in [2.05, 4.69) is 5.10 Å². The van der Waals surface area contributed by atoms with E-state index in [-0.39, 0.29) is 24.1 Å². The molecule has 3 heterocycles. The summed E-state index contributed by atoms with van der Waals surface area (Å²) in [7, 11) is 0. The molecule has 0 saturated carbocycles. The first-order valence-corrected chi connectivity index (χ1v) is 9.88. The summed E-state index contributed by atoms with van der Waals surface area (Å²) < 4.78 is 26.4. The van der Waals surface area contributed by atoms with Crippen LogP contribution in [0.2, 0.25) is 0 Å². The number of aryl methyl sites for hydroxylation is 1. The molecule has 4 rings (SSSR count). The Labute approximate surface area is 164 Å². The lowest BCUT2D eigenvalue weighted by Crippen LogP contribution is -2.50. The quantitative estimate of drug-likeness (QED) is 0.810. The van der Waals surface area contributed by atoms with Crippen LogP contribution in [0.5, 0.6) is 0 Å². The average Bonchev–Trinajstić information content (AvgIpc) is 3.33. The minimum Gasteiger partial charge on any atom is -0.348 e. The summed E-state index contributed by atoms with van der Waals surface area (Å²) in [6.45, 7) is 5.77. The Morgan fingerprint density at radius 1 is 1.18 bits per heavy atom. The zero-order chi connectivity index (χ0) is 19.7. The van der Waals surface area contributed by atoms with Gasteiger partial charge >= 0.3 is 0 Å². The van der Waals surface area contributed by atoms with Crippen molar-refractivity contribution < 1.29 is 18.7 Å². The molecule has 1 aromatic heterocycles. The monoisotopic (exact) mass is 387 g/mol. The minimum atomic E-state index is -0.312. The normalized spacial score (nSPS) is 20.7. The van der Waals surface area contributed by atoms with E-state index in [1.165, 1.54) is 12.1 Å². The van der Waals surface area contributed by atoms with Gasteiger partial charge in [-0.25, -0.2) is 9.07 Å². The number of carbonyl (C=O) groups excluding carboxylic acids is 1. The van der Waals surface area contributed by atoms with Crippen LogP contribution in [0.4, 0.5) is 4.39 Å². The van der Waals surface area contributed by atoms with E-state index in [4.69, 9.17) is 9.47 Å². The largest absolute Gasteiger partial charge is 0.348 e. The number of carbonyl (C=O) groups is 1. The van der Waals surface area contributed by atoms with E-state index < -0.39 is 0 Å². The molecule has 2 aliphatic heterocycles. The molecule has 150 valence electrons.